The Morgan fingerprint density at radius 2 is 2.20 bits per heavy atom. The van der Waals surface area contributed by atoms with Crippen molar-refractivity contribution in [1.29, 1.82) is 0 Å². The molecule has 1 unspecified atom stereocenters. The van der Waals surface area contributed by atoms with E-state index in [0.717, 1.165) is 30.8 Å². The number of rotatable bonds is 6. The molecule has 1 atom stereocenters. The summed E-state index contributed by atoms with van der Waals surface area (Å²) in [5.74, 6) is 0. The summed E-state index contributed by atoms with van der Waals surface area (Å²) in [5.41, 5.74) is 10.0. The number of nitrogens with zero attached hydrogens (tertiary/aromatic N) is 2. The van der Waals surface area contributed by atoms with E-state index in [9.17, 15) is 0 Å². The molecule has 0 aliphatic carbocycles. The molecule has 6 heteroatoms. The average molecular weight is 330 g/mol. The van der Waals surface area contributed by atoms with Crippen molar-refractivity contribution in [3.63, 3.8) is 0 Å². The van der Waals surface area contributed by atoms with Gasteiger partial charge in [0.05, 0.1) is 21.2 Å². The zero-order valence-electron chi connectivity index (χ0n) is 11.2. The topological polar surface area (TPSA) is 42.1 Å². The zero-order chi connectivity index (χ0) is 14.5. The summed E-state index contributed by atoms with van der Waals surface area (Å²) in [6, 6.07) is 5.47. The zero-order valence-corrected chi connectivity index (χ0v) is 13.5. The molecule has 3 nitrogen and oxygen atoms in total. The Kier molecular flexibility index (Phi) is 5.81. The van der Waals surface area contributed by atoms with Gasteiger partial charge in [0, 0.05) is 24.5 Å². The predicted octanol–water partition coefficient (Wildman–Crippen LogP) is 3.97. The highest BCUT2D eigenvalue weighted by Gasteiger charge is 2.13. The molecular formula is C14H17Cl2N3S. The molecule has 0 saturated carbocycles. The lowest BCUT2D eigenvalue weighted by molar-refractivity contribution is 0.308. The smallest absolute Gasteiger partial charge is 0.0795 e. The van der Waals surface area contributed by atoms with E-state index in [0.29, 0.717) is 10.0 Å². The molecular weight excluding hydrogens is 313 g/mol. The molecule has 2 N–H and O–H groups in total. The maximum Gasteiger partial charge on any atom is 0.0795 e. The minimum atomic E-state index is -0.112. The molecule has 0 aliphatic heterocycles. The van der Waals surface area contributed by atoms with Crippen LogP contribution in [0.4, 0.5) is 0 Å². The fourth-order valence-corrected chi connectivity index (χ4v) is 2.99. The van der Waals surface area contributed by atoms with Gasteiger partial charge >= 0.3 is 0 Å². The molecule has 1 aromatic carbocycles. The molecule has 108 valence electrons. The molecule has 0 aliphatic rings. The number of hydrogen-bond donors (Lipinski definition) is 1. The fraction of sp³-hybridized carbons (Fsp3) is 0.357. The summed E-state index contributed by atoms with van der Waals surface area (Å²) in [5, 5.41) is 3.17. The van der Waals surface area contributed by atoms with Crippen molar-refractivity contribution >= 4 is 34.5 Å². The van der Waals surface area contributed by atoms with Crippen LogP contribution in [0.2, 0.25) is 10.0 Å². The third-order valence-electron chi connectivity index (χ3n) is 3.12. The lowest BCUT2D eigenvalue weighted by Gasteiger charge is -2.19. The van der Waals surface area contributed by atoms with Crippen LogP contribution in [0, 0.1) is 0 Å². The first-order valence-electron chi connectivity index (χ1n) is 6.33. The van der Waals surface area contributed by atoms with E-state index in [2.05, 4.69) is 22.3 Å². The van der Waals surface area contributed by atoms with Gasteiger partial charge in [-0.1, -0.05) is 35.3 Å². The van der Waals surface area contributed by atoms with E-state index in [-0.39, 0.29) is 6.04 Å². The average Bonchev–Trinajstić information content (AvgIpc) is 2.92. The van der Waals surface area contributed by atoms with Crippen molar-refractivity contribution in [1.82, 2.24) is 9.88 Å². The van der Waals surface area contributed by atoms with Gasteiger partial charge in [0.25, 0.3) is 0 Å². The van der Waals surface area contributed by atoms with E-state index in [1.807, 2.05) is 17.6 Å². The van der Waals surface area contributed by atoms with Crippen LogP contribution in [0.1, 0.15) is 23.7 Å². The maximum absolute atomic E-state index is 6.20. The lowest BCUT2D eigenvalue weighted by Crippen LogP contribution is -2.23. The van der Waals surface area contributed by atoms with Crippen molar-refractivity contribution in [3.05, 3.63) is 50.4 Å². The minimum absolute atomic E-state index is 0.112. The lowest BCUT2D eigenvalue weighted by atomic mass is 10.0. The SMILES string of the molecule is CN(CCC(N)c1cccc(Cl)c1Cl)Cc1cscn1. The summed E-state index contributed by atoms with van der Waals surface area (Å²) in [6.45, 7) is 1.71. The third kappa shape index (κ3) is 4.17. The van der Waals surface area contributed by atoms with Crippen LogP contribution in [-0.4, -0.2) is 23.5 Å². The minimum Gasteiger partial charge on any atom is -0.324 e. The monoisotopic (exact) mass is 329 g/mol. The van der Waals surface area contributed by atoms with Crippen molar-refractivity contribution in [2.24, 2.45) is 5.73 Å². The molecule has 0 saturated heterocycles. The maximum atomic E-state index is 6.20. The first-order valence-corrected chi connectivity index (χ1v) is 8.03. The van der Waals surface area contributed by atoms with Crippen LogP contribution in [0.25, 0.3) is 0 Å². The number of thiazole rings is 1. The quantitative estimate of drug-likeness (QED) is 0.871. The van der Waals surface area contributed by atoms with Crippen LogP contribution in [0.3, 0.4) is 0 Å². The van der Waals surface area contributed by atoms with Gasteiger partial charge in [-0.25, -0.2) is 4.98 Å². The molecule has 1 aromatic heterocycles. The van der Waals surface area contributed by atoms with Gasteiger partial charge in [0.1, 0.15) is 0 Å². The molecule has 0 fully saturated rings. The Labute approximate surface area is 133 Å². The highest BCUT2D eigenvalue weighted by molar-refractivity contribution is 7.07. The van der Waals surface area contributed by atoms with E-state index in [4.69, 9.17) is 28.9 Å². The predicted molar refractivity (Wildman–Crippen MR) is 86.5 cm³/mol. The Morgan fingerprint density at radius 1 is 1.40 bits per heavy atom. The largest absolute Gasteiger partial charge is 0.324 e. The fourth-order valence-electron chi connectivity index (χ4n) is 1.99. The summed E-state index contributed by atoms with van der Waals surface area (Å²) < 4.78 is 0. The van der Waals surface area contributed by atoms with Crippen molar-refractivity contribution < 1.29 is 0 Å². The Balaban J connectivity index is 1.88. The Morgan fingerprint density at radius 3 is 2.90 bits per heavy atom. The first-order chi connectivity index (χ1) is 9.58. The number of nitrogens with two attached hydrogens (primary N) is 1. The van der Waals surface area contributed by atoms with Crippen molar-refractivity contribution in [2.45, 2.75) is 19.0 Å². The molecule has 0 bridgehead atoms. The van der Waals surface area contributed by atoms with E-state index < -0.39 is 0 Å². The summed E-state index contributed by atoms with van der Waals surface area (Å²) in [7, 11) is 2.06. The van der Waals surface area contributed by atoms with Crippen molar-refractivity contribution in [3.8, 4) is 0 Å². The van der Waals surface area contributed by atoms with Crippen LogP contribution in [-0.2, 0) is 6.54 Å². The van der Waals surface area contributed by atoms with Gasteiger partial charge in [-0.2, -0.15) is 0 Å². The van der Waals surface area contributed by atoms with Gasteiger partial charge in [-0.3, -0.25) is 0 Å². The standard InChI is InChI=1S/C14H17Cl2N3S/c1-19(7-10-8-20-9-18-10)6-5-13(17)11-3-2-4-12(15)14(11)16/h2-4,8-9,13H,5-7,17H2,1H3. The molecule has 2 rings (SSSR count). The first kappa shape index (κ1) is 15.7. The van der Waals surface area contributed by atoms with Gasteiger partial charge in [0.2, 0.25) is 0 Å². The van der Waals surface area contributed by atoms with Gasteiger partial charge in [0.15, 0.2) is 0 Å². The van der Waals surface area contributed by atoms with Gasteiger partial charge in [-0.05, 0) is 25.1 Å². The molecule has 20 heavy (non-hydrogen) atoms. The normalized spacial score (nSPS) is 12.8. The molecule has 0 amide bonds. The molecule has 1 heterocycles. The second kappa shape index (κ2) is 7.38. The van der Waals surface area contributed by atoms with Crippen LogP contribution >= 0.6 is 34.5 Å². The van der Waals surface area contributed by atoms with Gasteiger partial charge in [-0.15, -0.1) is 11.3 Å². The second-order valence-corrected chi connectivity index (χ2v) is 6.26. The number of aromatic nitrogens is 1. The van der Waals surface area contributed by atoms with E-state index in [1.54, 1.807) is 17.4 Å². The van der Waals surface area contributed by atoms with Gasteiger partial charge < -0.3 is 10.6 Å². The van der Waals surface area contributed by atoms with Crippen LogP contribution in [0.15, 0.2) is 29.1 Å². The number of hydrogen-bond acceptors (Lipinski definition) is 4. The summed E-state index contributed by atoms with van der Waals surface area (Å²) >= 11 is 13.8. The Bertz CT molecular complexity index is 545. The second-order valence-electron chi connectivity index (χ2n) is 4.76. The summed E-state index contributed by atoms with van der Waals surface area (Å²) in [6.07, 6.45) is 0.820. The highest BCUT2D eigenvalue weighted by Crippen LogP contribution is 2.30. The van der Waals surface area contributed by atoms with Crippen LogP contribution < -0.4 is 5.73 Å². The number of benzene rings is 1. The number of halogens is 2. The summed E-state index contributed by atoms with van der Waals surface area (Å²) in [4.78, 5) is 6.48. The molecule has 2 aromatic rings. The van der Waals surface area contributed by atoms with Crippen LogP contribution in [0.5, 0.6) is 0 Å². The van der Waals surface area contributed by atoms with Crippen molar-refractivity contribution in [2.75, 3.05) is 13.6 Å². The molecule has 0 spiro atoms. The Hall–Kier alpha value is -0.650. The van der Waals surface area contributed by atoms with E-state index >= 15 is 0 Å². The van der Waals surface area contributed by atoms with E-state index in [1.165, 1.54) is 0 Å². The highest BCUT2D eigenvalue weighted by atomic mass is 35.5. The molecule has 0 radical (unpaired) electrons. The third-order valence-corrected chi connectivity index (χ3v) is 4.59.